The first-order chi connectivity index (χ1) is 23.6. The van der Waals surface area contributed by atoms with Gasteiger partial charge in [0.15, 0.2) is 0 Å². The number of benzene rings is 2. The second kappa shape index (κ2) is 14.3. The van der Waals surface area contributed by atoms with Gasteiger partial charge >= 0.3 is 26.2 Å². The molecule has 0 amide bonds. The molecule has 2 atom stereocenters. The fourth-order valence-electron chi connectivity index (χ4n) is 14.7. The van der Waals surface area contributed by atoms with Gasteiger partial charge in [-0.05, 0) is 180 Å². The predicted molar refractivity (Wildman–Crippen MR) is 213 cm³/mol. The van der Waals surface area contributed by atoms with Crippen LogP contribution in [0.25, 0.3) is 11.1 Å². The van der Waals surface area contributed by atoms with Crippen molar-refractivity contribution in [3.63, 3.8) is 0 Å². The van der Waals surface area contributed by atoms with Gasteiger partial charge in [0.05, 0.1) is 0 Å². The minimum atomic E-state index is 0. The third-order valence-corrected chi connectivity index (χ3v) is 16.4. The Morgan fingerprint density at radius 3 is 1.57 bits per heavy atom. The molecule has 3 heteroatoms. The summed E-state index contributed by atoms with van der Waals surface area (Å²) >= 11 is 0. The Bertz CT molecular complexity index is 1700. The predicted octanol–water partition coefficient (Wildman–Crippen LogP) is 8.10. The molecule has 0 saturated heterocycles. The van der Waals surface area contributed by atoms with Crippen LogP contribution >= 0.6 is 0 Å². The van der Waals surface area contributed by atoms with E-state index in [1.54, 1.807) is 41.5 Å². The van der Waals surface area contributed by atoms with E-state index in [0.717, 1.165) is 29.6 Å². The van der Waals surface area contributed by atoms with E-state index >= 15 is 0 Å². The van der Waals surface area contributed by atoms with Crippen LogP contribution in [0.15, 0.2) is 47.1 Å². The van der Waals surface area contributed by atoms with Crippen molar-refractivity contribution in [2.45, 2.75) is 169 Å². The van der Waals surface area contributed by atoms with Crippen molar-refractivity contribution < 1.29 is 51.0 Å². The zero-order valence-corrected chi connectivity index (χ0v) is 38.8. The minimum absolute atomic E-state index is 0. The first-order valence-electron chi connectivity index (χ1n) is 21.3. The quantitative estimate of drug-likeness (QED) is 0.293. The standard InChI is InChI=1S/C50H68.2ClH.Zr/c1-29(2)50(46-40-16-30(3)43(47(5,6)7)23-37(40)38-24-44(48(8,9)10)31(4)17-41(38)46)28-42(35-14-12-11-13-15-35)39-21-36(22-45(39)50)49-25-32-18-33(26-49)20-34(19-32)27-49;;;/h16-17,22-24,29,32-35,42,46H,11-15,18-21,25-28H2,1-10H3;2*1H;/q;;;+2/p-2. The Hall–Kier alpha value is -0.617. The molecule has 2 unspecified atom stereocenters. The Balaban J connectivity index is 0.00000160. The van der Waals surface area contributed by atoms with E-state index in [0.29, 0.717) is 17.3 Å². The van der Waals surface area contributed by atoms with E-state index in [-0.39, 0.29) is 67.3 Å². The van der Waals surface area contributed by atoms with Gasteiger partial charge < -0.3 is 24.8 Å². The normalized spacial score (nSPS) is 31.9. The van der Waals surface area contributed by atoms with Crippen molar-refractivity contribution in [2.24, 2.45) is 46.3 Å². The maximum absolute atomic E-state index is 2.97. The van der Waals surface area contributed by atoms with Gasteiger partial charge in [-0.2, -0.15) is 0 Å². The van der Waals surface area contributed by atoms with E-state index in [1.807, 2.05) is 16.7 Å². The minimum Gasteiger partial charge on any atom is -1.00 e. The monoisotopic (exact) mass is 828 g/mol. The maximum Gasteiger partial charge on any atom is 2.00 e. The number of hydrogen-bond donors (Lipinski definition) is 0. The van der Waals surface area contributed by atoms with Gasteiger partial charge in [0.2, 0.25) is 0 Å². The van der Waals surface area contributed by atoms with Crippen molar-refractivity contribution in [2.75, 3.05) is 0 Å². The van der Waals surface area contributed by atoms with Gasteiger partial charge in [0, 0.05) is 11.3 Å². The van der Waals surface area contributed by atoms with Gasteiger partial charge in [0.25, 0.3) is 0 Å². The van der Waals surface area contributed by atoms with Crippen molar-refractivity contribution in [1.29, 1.82) is 0 Å². The smallest absolute Gasteiger partial charge is 1.00 e. The van der Waals surface area contributed by atoms with Crippen LogP contribution in [0.5, 0.6) is 0 Å². The zero-order valence-electron chi connectivity index (χ0n) is 34.9. The summed E-state index contributed by atoms with van der Waals surface area (Å²) in [7, 11) is 0. The fraction of sp³-hybridized carbons (Fsp3) is 0.680. The van der Waals surface area contributed by atoms with E-state index in [4.69, 9.17) is 0 Å². The maximum atomic E-state index is 2.97. The van der Waals surface area contributed by atoms with Crippen LogP contribution in [0.2, 0.25) is 0 Å². The summed E-state index contributed by atoms with van der Waals surface area (Å²) in [4.78, 5) is 0. The van der Waals surface area contributed by atoms with Gasteiger partial charge in [0.1, 0.15) is 0 Å². The van der Waals surface area contributed by atoms with Crippen molar-refractivity contribution in [3.8, 4) is 11.1 Å². The van der Waals surface area contributed by atoms with E-state index in [9.17, 15) is 0 Å². The number of allylic oxidation sites excluding steroid dienone is 4. The molecule has 0 heterocycles. The summed E-state index contributed by atoms with van der Waals surface area (Å²) in [6.45, 7) is 24.6. The average molecular weight is 831 g/mol. The topological polar surface area (TPSA) is 0 Å². The Labute approximate surface area is 355 Å². The van der Waals surface area contributed by atoms with Crippen LogP contribution < -0.4 is 24.8 Å². The zero-order chi connectivity index (χ0) is 35.1. The molecule has 8 aliphatic rings. The molecule has 4 bridgehead atoms. The van der Waals surface area contributed by atoms with Crippen molar-refractivity contribution >= 4 is 0 Å². The van der Waals surface area contributed by atoms with Crippen LogP contribution in [-0.2, 0) is 37.0 Å². The summed E-state index contributed by atoms with van der Waals surface area (Å²) in [6, 6.07) is 10.7. The molecule has 286 valence electrons. The molecule has 53 heavy (non-hydrogen) atoms. The third-order valence-electron chi connectivity index (χ3n) is 16.4. The van der Waals surface area contributed by atoms with E-state index in [1.165, 1.54) is 86.5 Å². The number of fused-ring (bicyclic) bond motifs is 3. The molecule has 0 radical (unpaired) electrons. The summed E-state index contributed by atoms with van der Waals surface area (Å²) in [5, 5.41) is 0. The molecule has 2 aromatic carbocycles. The summed E-state index contributed by atoms with van der Waals surface area (Å²) < 4.78 is 0. The van der Waals surface area contributed by atoms with Crippen LogP contribution in [0.4, 0.5) is 0 Å². The van der Waals surface area contributed by atoms with Crippen molar-refractivity contribution in [3.05, 3.63) is 80.4 Å². The molecule has 10 rings (SSSR count). The summed E-state index contributed by atoms with van der Waals surface area (Å²) in [5.41, 5.74) is 19.1. The second-order valence-corrected chi connectivity index (χ2v) is 21.8. The van der Waals surface area contributed by atoms with E-state index < -0.39 is 0 Å². The third kappa shape index (κ3) is 6.45. The van der Waals surface area contributed by atoms with Gasteiger partial charge in [-0.15, -0.1) is 0 Å². The number of hydrogen-bond acceptors (Lipinski definition) is 0. The molecule has 5 fully saturated rings. The average Bonchev–Trinajstić information content (AvgIpc) is 3.69. The SMILES string of the molecule is Cc1cc2c(cc1C(C)(C)C)-c1cc(C(C)(C)C)c(C)cc1C2C1(C(C)C)CC(C2CCCCC2)C2=C1C=C(C13CC4CC(CC(C4)C1)C3)C2.[Cl-].[Cl-].[Zr+2]. The fourth-order valence-corrected chi connectivity index (χ4v) is 14.7. The molecule has 5 saturated carbocycles. The number of halogens is 2. The Kier molecular flexibility index (Phi) is 11.4. The van der Waals surface area contributed by atoms with Crippen LogP contribution in [-0.4, -0.2) is 0 Å². The molecule has 0 nitrogen and oxygen atoms in total. The van der Waals surface area contributed by atoms with Crippen molar-refractivity contribution in [1.82, 2.24) is 0 Å². The van der Waals surface area contributed by atoms with E-state index in [2.05, 4.69) is 99.6 Å². The largest absolute Gasteiger partial charge is 2.00 e. The first kappa shape index (κ1) is 42.0. The Morgan fingerprint density at radius 1 is 0.660 bits per heavy atom. The Morgan fingerprint density at radius 2 is 1.13 bits per heavy atom. The van der Waals surface area contributed by atoms with Gasteiger partial charge in [-0.25, -0.2) is 0 Å². The first-order valence-corrected chi connectivity index (χ1v) is 21.3. The molecule has 2 aromatic rings. The molecule has 8 aliphatic carbocycles. The molecular weight excluding hydrogens is 763 g/mol. The molecule has 0 spiro atoms. The van der Waals surface area contributed by atoms with Crippen LogP contribution in [0.3, 0.4) is 0 Å². The molecule has 0 N–H and O–H groups in total. The molecule has 0 aromatic heterocycles. The van der Waals surface area contributed by atoms with Crippen LogP contribution in [0, 0.1) is 60.2 Å². The van der Waals surface area contributed by atoms with Crippen LogP contribution in [0.1, 0.15) is 178 Å². The molecule has 0 aliphatic heterocycles. The van der Waals surface area contributed by atoms with Gasteiger partial charge in [-0.3, -0.25) is 0 Å². The summed E-state index contributed by atoms with van der Waals surface area (Å²) in [5.74, 6) is 5.70. The molecular formula is C50H68Cl2Zr. The summed E-state index contributed by atoms with van der Waals surface area (Å²) in [6.07, 6.45) is 22.1. The number of rotatable bonds is 4. The van der Waals surface area contributed by atoms with Gasteiger partial charge in [-0.1, -0.05) is 116 Å². The second-order valence-electron chi connectivity index (χ2n) is 21.8. The number of aryl methyl sites for hydroxylation is 2.